The van der Waals surface area contributed by atoms with Gasteiger partial charge in [-0.05, 0) is 23.6 Å². The average molecular weight is 348 g/mol. The highest BCUT2D eigenvalue weighted by Gasteiger charge is 2.09. The second-order valence-corrected chi connectivity index (χ2v) is 6.65. The molecule has 2 N–H and O–H groups in total. The minimum atomic E-state index is 0.585. The summed E-state index contributed by atoms with van der Waals surface area (Å²) in [6, 6.07) is 8.22. The van der Waals surface area contributed by atoms with E-state index < -0.39 is 0 Å². The third-order valence-corrected chi connectivity index (χ3v) is 4.04. The van der Waals surface area contributed by atoms with E-state index in [2.05, 4.69) is 46.5 Å². The molecule has 0 radical (unpaired) electrons. The molecule has 0 aromatic heterocycles. The molecule has 0 unspecified atom stereocenters. The first-order valence-corrected chi connectivity index (χ1v) is 9.13. The monoisotopic (exact) mass is 348 g/mol. The van der Waals surface area contributed by atoms with E-state index >= 15 is 0 Å². The first-order valence-electron chi connectivity index (χ1n) is 9.13. The second kappa shape index (κ2) is 10.9. The Bertz CT molecular complexity index is 528. The number of hydrogen-bond acceptors (Lipinski definition) is 4. The number of aliphatic imine (C=N–C) groups is 1. The molecule has 140 valence electrons. The quantitative estimate of drug-likeness (QED) is 0.553. The van der Waals surface area contributed by atoms with E-state index in [1.54, 1.807) is 7.05 Å². The molecular weight excluding hydrogens is 316 g/mol. The SMILES string of the molecule is CN=C(NCc1cccc(OCCN2CCOCC2)c1)NCC(C)C. The highest BCUT2D eigenvalue weighted by Crippen LogP contribution is 2.13. The van der Waals surface area contributed by atoms with Crippen LogP contribution in [0.2, 0.25) is 0 Å². The van der Waals surface area contributed by atoms with Crippen molar-refractivity contribution in [3.63, 3.8) is 0 Å². The summed E-state index contributed by atoms with van der Waals surface area (Å²) in [7, 11) is 1.79. The Morgan fingerprint density at radius 3 is 2.80 bits per heavy atom. The molecule has 0 saturated carbocycles. The molecule has 0 spiro atoms. The number of guanidine groups is 1. The van der Waals surface area contributed by atoms with E-state index in [1.165, 1.54) is 5.56 Å². The molecule has 0 atom stereocenters. The van der Waals surface area contributed by atoms with Crippen LogP contribution in [0, 0.1) is 5.92 Å². The van der Waals surface area contributed by atoms with Crippen LogP contribution in [0.25, 0.3) is 0 Å². The molecule has 1 aromatic rings. The summed E-state index contributed by atoms with van der Waals surface area (Å²) in [5.74, 6) is 2.33. The van der Waals surface area contributed by atoms with Gasteiger partial charge >= 0.3 is 0 Å². The molecule has 0 amide bonds. The lowest BCUT2D eigenvalue weighted by molar-refractivity contribution is 0.0322. The fraction of sp³-hybridized carbons (Fsp3) is 0.632. The molecule has 1 aromatic carbocycles. The van der Waals surface area contributed by atoms with E-state index in [9.17, 15) is 0 Å². The molecule has 0 bridgehead atoms. The van der Waals surface area contributed by atoms with Gasteiger partial charge < -0.3 is 20.1 Å². The zero-order valence-corrected chi connectivity index (χ0v) is 15.8. The highest BCUT2D eigenvalue weighted by atomic mass is 16.5. The Balaban J connectivity index is 1.74. The van der Waals surface area contributed by atoms with Crippen molar-refractivity contribution in [2.45, 2.75) is 20.4 Å². The summed E-state index contributed by atoms with van der Waals surface area (Å²) in [5.41, 5.74) is 1.18. The summed E-state index contributed by atoms with van der Waals surface area (Å²) in [6.07, 6.45) is 0. The normalized spacial score (nSPS) is 16.1. The lowest BCUT2D eigenvalue weighted by Crippen LogP contribution is -2.38. The number of hydrogen-bond donors (Lipinski definition) is 2. The molecule has 6 nitrogen and oxygen atoms in total. The predicted molar refractivity (Wildman–Crippen MR) is 102 cm³/mol. The molecule has 6 heteroatoms. The summed E-state index contributed by atoms with van der Waals surface area (Å²) >= 11 is 0. The number of morpholine rings is 1. The number of nitrogens with zero attached hydrogens (tertiary/aromatic N) is 2. The molecule has 0 aliphatic carbocycles. The summed E-state index contributed by atoms with van der Waals surface area (Å²) in [6.45, 7) is 11.3. The molecule has 1 saturated heterocycles. The van der Waals surface area contributed by atoms with Gasteiger partial charge in [0.05, 0.1) is 13.2 Å². The van der Waals surface area contributed by atoms with Crippen LogP contribution in [0.3, 0.4) is 0 Å². The maximum atomic E-state index is 5.91. The molecule has 1 aliphatic heterocycles. The third-order valence-electron chi connectivity index (χ3n) is 4.04. The minimum absolute atomic E-state index is 0.585. The maximum absolute atomic E-state index is 5.91. The molecule has 2 rings (SSSR count). The number of ether oxygens (including phenoxy) is 2. The van der Waals surface area contributed by atoms with Crippen LogP contribution < -0.4 is 15.4 Å². The van der Waals surface area contributed by atoms with Crippen LogP contribution in [-0.4, -0.2) is 63.9 Å². The van der Waals surface area contributed by atoms with E-state index in [0.717, 1.165) is 57.6 Å². The standard InChI is InChI=1S/C19H32N4O2/c1-16(2)14-21-19(20-3)22-15-17-5-4-6-18(13-17)25-12-9-23-7-10-24-11-8-23/h4-6,13,16H,7-12,14-15H2,1-3H3,(H2,20,21,22). The number of benzene rings is 1. The Labute approximate surface area is 151 Å². The van der Waals surface area contributed by atoms with Crippen molar-refractivity contribution in [2.24, 2.45) is 10.9 Å². The molecule has 1 heterocycles. The van der Waals surface area contributed by atoms with Crippen molar-refractivity contribution in [2.75, 3.05) is 53.0 Å². The first kappa shape index (κ1) is 19.5. The van der Waals surface area contributed by atoms with E-state index in [-0.39, 0.29) is 0 Å². The zero-order valence-electron chi connectivity index (χ0n) is 15.8. The largest absolute Gasteiger partial charge is 0.492 e. The van der Waals surface area contributed by atoms with Crippen molar-refractivity contribution >= 4 is 5.96 Å². The van der Waals surface area contributed by atoms with Gasteiger partial charge in [-0.25, -0.2) is 0 Å². The Morgan fingerprint density at radius 1 is 1.28 bits per heavy atom. The van der Waals surface area contributed by atoms with Crippen LogP contribution in [0.4, 0.5) is 0 Å². The molecule has 1 aliphatic rings. The highest BCUT2D eigenvalue weighted by molar-refractivity contribution is 5.79. The molecular formula is C19H32N4O2. The fourth-order valence-electron chi connectivity index (χ4n) is 2.57. The number of rotatable bonds is 8. The summed E-state index contributed by atoms with van der Waals surface area (Å²) in [4.78, 5) is 6.62. The van der Waals surface area contributed by atoms with Gasteiger partial charge in [0.25, 0.3) is 0 Å². The fourth-order valence-corrected chi connectivity index (χ4v) is 2.57. The lowest BCUT2D eigenvalue weighted by Gasteiger charge is -2.26. The number of nitrogens with one attached hydrogen (secondary N) is 2. The van der Waals surface area contributed by atoms with Gasteiger partial charge in [0.1, 0.15) is 12.4 Å². The minimum Gasteiger partial charge on any atom is -0.492 e. The topological polar surface area (TPSA) is 58.1 Å². The van der Waals surface area contributed by atoms with Gasteiger partial charge in [-0.1, -0.05) is 26.0 Å². The van der Waals surface area contributed by atoms with Crippen molar-refractivity contribution in [3.8, 4) is 5.75 Å². The van der Waals surface area contributed by atoms with Gasteiger partial charge in [-0.3, -0.25) is 9.89 Å². The third kappa shape index (κ3) is 7.75. The van der Waals surface area contributed by atoms with Crippen LogP contribution in [0.15, 0.2) is 29.3 Å². The van der Waals surface area contributed by atoms with Crippen molar-refractivity contribution in [1.82, 2.24) is 15.5 Å². The summed E-state index contributed by atoms with van der Waals surface area (Å²) < 4.78 is 11.3. The van der Waals surface area contributed by atoms with Gasteiger partial charge in [0.2, 0.25) is 0 Å². The van der Waals surface area contributed by atoms with E-state index in [0.29, 0.717) is 12.5 Å². The van der Waals surface area contributed by atoms with Gasteiger partial charge in [-0.2, -0.15) is 0 Å². The maximum Gasteiger partial charge on any atom is 0.191 e. The Hall–Kier alpha value is -1.79. The van der Waals surface area contributed by atoms with Crippen molar-refractivity contribution < 1.29 is 9.47 Å². The van der Waals surface area contributed by atoms with E-state index in [1.807, 2.05) is 12.1 Å². The first-order chi connectivity index (χ1) is 12.2. The Morgan fingerprint density at radius 2 is 2.08 bits per heavy atom. The Kier molecular flexibility index (Phi) is 8.55. The van der Waals surface area contributed by atoms with Crippen LogP contribution in [0.1, 0.15) is 19.4 Å². The average Bonchev–Trinajstić information content (AvgIpc) is 2.63. The van der Waals surface area contributed by atoms with Gasteiger partial charge in [0, 0.05) is 39.8 Å². The smallest absolute Gasteiger partial charge is 0.191 e. The van der Waals surface area contributed by atoms with Gasteiger partial charge in [-0.15, -0.1) is 0 Å². The molecule has 1 fully saturated rings. The lowest BCUT2D eigenvalue weighted by atomic mass is 10.2. The van der Waals surface area contributed by atoms with E-state index in [4.69, 9.17) is 9.47 Å². The van der Waals surface area contributed by atoms with Crippen molar-refractivity contribution in [3.05, 3.63) is 29.8 Å². The van der Waals surface area contributed by atoms with Gasteiger partial charge in [0.15, 0.2) is 5.96 Å². The zero-order chi connectivity index (χ0) is 17.9. The van der Waals surface area contributed by atoms with Crippen LogP contribution in [0.5, 0.6) is 5.75 Å². The van der Waals surface area contributed by atoms with Crippen LogP contribution >= 0.6 is 0 Å². The second-order valence-electron chi connectivity index (χ2n) is 6.65. The molecule has 25 heavy (non-hydrogen) atoms. The van der Waals surface area contributed by atoms with Crippen molar-refractivity contribution in [1.29, 1.82) is 0 Å². The van der Waals surface area contributed by atoms with Crippen LogP contribution in [-0.2, 0) is 11.3 Å². The predicted octanol–water partition coefficient (Wildman–Crippen LogP) is 1.72. The summed E-state index contributed by atoms with van der Waals surface area (Å²) in [5, 5.41) is 6.65.